The molecule has 0 spiro atoms. The summed E-state index contributed by atoms with van der Waals surface area (Å²) in [6.07, 6.45) is 2.35. The fraction of sp³-hybridized carbons (Fsp3) is 0.286. The molecule has 0 saturated carbocycles. The largest absolute Gasteiger partial charge is 0.212 e. The SMILES string of the molecule is Cc1cc(-c2ccc3ccccc3c2C)[n+](C)cc1[Si](C)(C)C. The van der Waals surface area contributed by atoms with Gasteiger partial charge in [0.05, 0.1) is 8.07 Å². The van der Waals surface area contributed by atoms with Crippen molar-refractivity contribution in [3.63, 3.8) is 0 Å². The van der Waals surface area contributed by atoms with Crippen LogP contribution in [-0.4, -0.2) is 8.07 Å². The third kappa shape index (κ3) is 2.84. The Morgan fingerprint density at radius 2 is 1.61 bits per heavy atom. The van der Waals surface area contributed by atoms with Crippen molar-refractivity contribution in [2.24, 2.45) is 7.05 Å². The lowest BCUT2D eigenvalue weighted by Gasteiger charge is -2.18. The highest BCUT2D eigenvalue weighted by molar-refractivity contribution is 6.88. The van der Waals surface area contributed by atoms with Gasteiger partial charge in [-0.1, -0.05) is 50.0 Å². The second-order valence-electron chi connectivity index (χ2n) is 7.58. The van der Waals surface area contributed by atoms with Gasteiger partial charge in [0.1, 0.15) is 7.05 Å². The first-order valence-corrected chi connectivity index (χ1v) is 11.8. The first-order chi connectivity index (χ1) is 10.8. The maximum atomic E-state index is 2.41. The number of pyridine rings is 1. The molecule has 0 atom stereocenters. The topological polar surface area (TPSA) is 3.88 Å². The van der Waals surface area contributed by atoms with Crippen LogP contribution in [0.15, 0.2) is 48.7 Å². The van der Waals surface area contributed by atoms with E-state index >= 15 is 0 Å². The Morgan fingerprint density at radius 1 is 0.913 bits per heavy atom. The molecule has 0 unspecified atom stereocenters. The normalized spacial score (nSPS) is 11.9. The number of aromatic nitrogens is 1. The minimum atomic E-state index is -1.31. The quantitative estimate of drug-likeness (QED) is 0.484. The van der Waals surface area contributed by atoms with Gasteiger partial charge in [-0.25, -0.2) is 4.57 Å². The molecule has 0 radical (unpaired) electrons. The van der Waals surface area contributed by atoms with Crippen LogP contribution >= 0.6 is 0 Å². The predicted octanol–water partition coefficient (Wildman–Crippen LogP) is 4.49. The van der Waals surface area contributed by atoms with Crippen LogP contribution in [0.25, 0.3) is 22.0 Å². The number of hydrogen-bond acceptors (Lipinski definition) is 0. The lowest BCUT2D eigenvalue weighted by atomic mass is 9.97. The predicted molar refractivity (Wildman–Crippen MR) is 103 cm³/mol. The molecule has 3 rings (SSSR count). The van der Waals surface area contributed by atoms with Crippen molar-refractivity contribution in [3.8, 4) is 11.3 Å². The minimum Gasteiger partial charge on any atom is -0.201 e. The molecule has 0 saturated heterocycles. The van der Waals surface area contributed by atoms with Crippen LogP contribution in [0.3, 0.4) is 0 Å². The molecule has 0 amide bonds. The first-order valence-electron chi connectivity index (χ1n) is 8.28. The number of rotatable bonds is 2. The lowest BCUT2D eigenvalue weighted by Crippen LogP contribution is -2.46. The fourth-order valence-corrected chi connectivity index (χ4v) is 5.34. The minimum absolute atomic E-state index is 1.30. The van der Waals surface area contributed by atoms with Crippen molar-refractivity contribution in [2.45, 2.75) is 33.5 Å². The molecule has 0 aliphatic carbocycles. The summed E-state index contributed by atoms with van der Waals surface area (Å²) < 4.78 is 2.30. The average molecular weight is 321 g/mol. The van der Waals surface area contributed by atoms with E-state index in [9.17, 15) is 0 Å². The molecule has 0 bridgehead atoms. The van der Waals surface area contributed by atoms with Crippen LogP contribution in [0.2, 0.25) is 19.6 Å². The summed E-state index contributed by atoms with van der Waals surface area (Å²) in [5.74, 6) is 0. The highest BCUT2D eigenvalue weighted by Gasteiger charge is 2.24. The van der Waals surface area contributed by atoms with Gasteiger partial charge in [-0.15, -0.1) is 0 Å². The van der Waals surface area contributed by atoms with E-state index in [-0.39, 0.29) is 0 Å². The highest BCUT2D eigenvalue weighted by atomic mass is 28.3. The van der Waals surface area contributed by atoms with E-state index in [2.05, 4.69) is 93.8 Å². The second kappa shape index (κ2) is 5.61. The van der Waals surface area contributed by atoms with Crippen LogP contribution in [0.1, 0.15) is 11.1 Å². The first kappa shape index (κ1) is 15.9. The highest BCUT2D eigenvalue weighted by Crippen LogP contribution is 2.28. The van der Waals surface area contributed by atoms with E-state index in [4.69, 9.17) is 0 Å². The summed E-state index contributed by atoms with van der Waals surface area (Å²) >= 11 is 0. The van der Waals surface area contributed by atoms with Gasteiger partial charge >= 0.3 is 0 Å². The third-order valence-corrected chi connectivity index (χ3v) is 6.90. The summed E-state index contributed by atoms with van der Waals surface area (Å²) in [6, 6.07) is 15.5. The van der Waals surface area contributed by atoms with Gasteiger partial charge in [0, 0.05) is 16.8 Å². The van der Waals surface area contributed by atoms with Crippen molar-refractivity contribution in [3.05, 3.63) is 59.8 Å². The van der Waals surface area contributed by atoms with E-state index in [1.54, 1.807) is 5.19 Å². The lowest BCUT2D eigenvalue weighted by molar-refractivity contribution is -0.659. The van der Waals surface area contributed by atoms with Crippen molar-refractivity contribution < 1.29 is 4.57 Å². The number of nitrogens with zero attached hydrogens (tertiary/aromatic N) is 1. The van der Waals surface area contributed by atoms with E-state index in [1.165, 1.54) is 33.2 Å². The molecule has 0 aliphatic rings. The Bertz CT molecular complexity index is 888. The molecule has 2 aromatic carbocycles. The molecule has 2 heteroatoms. The van der Waals surface area contributed by atoms with E-state index in [0.717, 1.165) is 0 Å². The van der Waals surface area contributed by atoms with Crippen LogP contribution in [-0.2, 0) is 7.05 Å². The number of fused-ring (bicyclic) bond motifs is 1. The molecule has 1 heterocycles. The molecule has 23 heavy (non-hydrogen) atoms. The summed E-state index contributed by atoms with van der Waals surface area (Å²) in [7, 11) is 0.862. The van der Waals surface area contributed by atoms with Gasteiger partial charge < -0.3 is 0 Å². The zero-order valence-electron chi connectivity index (χ0n) is 15.1. The molecule has 0 N–H and O–H groups in total. The molecular formula is C21H26NSi+. The van der Waals surface area contributed by atoms with Gasteiger partial charge in [-0.3, -0.25) is 0 Å². The molecule has 118 valence electrons. The molecule has 3 aromatic rings. The van der Waals surface area contributed by atoms with Crippen molar-refractivity contribution >= 4 is 24.0 Å². The molecule has 1 aromatic heterocycles. The second-order valence-corrected chi connectivity index (χ2v) is 12.6. The van der Waals surface area contributed by atoms with Gasteiger partial charge in [0.2, 0.25) is 5.69 Å². The van der Waals surface area contributed by atoms with Crippen molar-refractivity contribution in [1.82, 2.24) is 0 Å². The Balaban J connectivity index is 2.24. The summed E-state index contributed by atoms with van der Waals surface area (Å²) in [4.78, 5) is 0. The van der Waals surface area contributed by atoms with Gasteiger partial charge in [0.15, 0.2) is 6.20 Å². The molecule has 0 fully saturated rings. The van der Waals surface area contributed by atoms with Crippen LogP contribution in [0.5, 0.6) is 0 Å². The van der Waals surface area contributed by atoms with Gasteiger partial charge in [-0.05, 0) is 41.8 Å². The maximum Gasteiger partial charge on any atom is 0.212 e. The van der Waals surface area contributed by atoms with E-state index < -0.39 is 8.07 Å². The van der Waals surface area contributed by atoms with Gasteiger partial charge in [-0.2, -0.15) is 0 Å². The van der Waals surface area contributed by atoms with Crippen molar-refractivity contribution in [2.75, 3.05) is 0 Å². The number of hydrogen-bond donors (Lipinski definition) is 0. The van der Waals surface area contributed by atoms with E-state index in [1.807, 2.05) is 0 Å². The Morgan fingerprint density at radius 3 is 2.30 bits per heavy atom. The summed E-state index contributed by atoms with van der Waals surface area (Å²) in [5.41, 5.74) is 5.41. The number of aryl methyl sites for hydroxylation is 3. The standard InChI is InChI=1S/C21H26NSi/c1-15-13-20(22(3)14-21(15)23(4,5)6)19-12-11-17-9-7-8-10-18(17)16(19)2/h7-14H,1-6H3/q+1. The average Bonchev–Trinajstić information content (AvgIpc) is 2.49. The fourth-order valence-electron chi connectivity index (χ4n) is 3.51. The smallest absolute Gasteiger partial charge is 0.201 e. The van der Waals surface area contributed by atoms with Gasteiger partial charge in [0.25, 0.3) is 0 Å². The van der Waals surface area contributed by atoms with Crippen molar-refractivity contribution in [1.29, 1.82) is 0 Å². The summed E-state index contributed by atoms with van der Waals surface area (Å²) in [5, 5.41) is 4.20. The monoisotopic (exact) mass is 320 g/mol. The Labute approximate surface area is 140 Å². The van der Waals surface area contributed by atoms with Crippen LogP contribution in [0, 0.1) is 13.8 Å². The molecule has 0 aliphatic heterocycles. The maximum absolute atomic E-state index is 2.41. The van der Waals surface area contributed by atoms with Crippen LogP contribution < -0.4 is 9.75 Å². The molecular weight excluding hydrogens is 294 g/mol. The molecule has 1 nitrogen and oxygen atoms in total. The Kier molecular flexibility index (Phi) is 3.89. The Hall–Kier alpha value is -1.93. The zero-order chi connectivity index (χ0) is 16.8. The van der Waals surface area contributed by atoms with E-state index in [0.29, 0.717) is 0 Å². The summed E-state index contributed by atoms with van der Waals surface area (Å²) in [6.45, 7) is 11.7. The zero-order valence-corrected chi connectivity index (χ0v) is 16.1. The van der Waals surface area contributed by atoms with Crippen LogP contribution in [0.4, 0.5) is 0 Å². The number of benzene rings is 2. The third-order valence-electron chi connectivity index (χ3n) is 4.76.